The van der Waals surface area contributed by atoms with E-state index < -0.39 is 14.5 Å². The molecule has 0 aromatic heterocycles. The van der Waals surface area contributed by atoms with Gasteiger partial charge >= 0.3 is 20.6 Å². The third kappa shape index (κ3) is 7.60. The quantitative estimate of drug-likeness (QED) is 0.291. The molecule has 0 aliphatic carbocycles. The van der Waals surface area contributed by atoms with Gasteiger partial charge in [-0.15, -0.1) is 0 Å². The van der Waals surface area contributed by atoms with Crippen molar-refractivity contribution >= 4 is 20.6 Å². The molecule has 2 amide bonds. The molecule has 0 unspecified atom stereocenters. The van der Waals surface area contributed by atoms with Gasteiger partial charge in [-0.1, -0.05) is 6.58 Å². The summed E-state index contributed by atoms with van der Waals surface area (Å²) in [7, 11) is 0.787. The second-order valence-corrected chi connectivity index (χ2v) is 7.51. The Labute approximate surface area is 114 Å². The molecule has 0 aromatic rings. The standard InChI is InChI=1S/C11H22N2O5Si/c1-9(2)10(14)18-7-6-12-11(15)13-8-19(5,16-3)17-4/h1,6-8H2,2-5H3,(H2,12,13,15). The van der Waals surface area contributed by atoms with E-state index in [0.29, 0.717) is 11.7 Å². The molecule has 0 saturated heterocycles. The summed E-state index contributed by atoms with van der Waals surface area (Å²) in [4.78, 5) is 22.5. The lowest BCUT2D eigenvalue weighted by Crippen LogP contribution is -2.51. The Hall–Kier alpha value is -1.38. The Bertz CT molecular complexity index is 331. The molecule has 0 bridgehead atoms. The van der Waals surface area contributed by atoms with Crippen LogP contribution >= 0.6 is 0 Å². The maximum absolute atomic E-state index is 11.4. The molecule has 8 heteroatoms. The van der Waals surface area contributed by atoms with Crippen LogP contribution < -0.4 is 10.6 Å². The Balaban J connectivity index is 3.77. The van der Waals surface area contributed by atoms with Gasteiger partial charge in [0.25, 0.3) is 0 Å². The zero-order valence-electron chi connectivity index (χ0n) is 11.9. The van der Waals surface area contributed by atoms with Gasteiger partial charge in [-0.3, -0.25) is 0 Å². The number of carbonyl (C=O) groups is 2. The van der Waals surface area contributed by atoms with E-state index in [2.05, 4.69) is 17.2 Å². The number of urea groups is 1. The van der Waals surface area contributed by atoms with Gasteiger partial charge in [-0.2, -0.15) is 0 Å². The number of amides is 2. The molecule has 0 spiro atoms. The summed E-state index contributed by atoms with van der Waals surface area (Å²) in [5.41, 5.74) is 0.325. The molecule has 0 heterocycles. The predicted octanol–water partition coefficient (Wildman–Crippen LogP) is 0.309. The van der Waals surface area contributed by atoms with E-state index in [0.717, 1.165) is 0 Å². The number of ether oxygens (including phenoxy) is 1. The summed E-state index contributed by atoms with van der Waals surface area (Å²) in [5.74, 6) is -0.471. The maximum atomic E-state index is 11.4. The van der Waals surface area contributed by atoms with Gasteiger partial charge in [0.1, 0.15) is 6.61 Å². The van der Waals surface area contributed by atoms with Crippen molar-refractivity contribution in [3.63, 3.8) is 0 Å². The molecular formula is C11H22N2O5Si. The topological polar surface area (TPSA) is 85.9 Å². The summed E-state index contributed by atoms with van der Waals surface area (Å²) in [5, 5.41) is 5.19. The molecule has 0 saturated carbocycles. The van der Waals surface area contributed by atoms with Crippen molar-refractivity contribution in [3.05, 3.63) is 12.2 Å². The van der Waals surface area contributed by atoms with Crippen molar-refractivity contribution in [1.82, 2.24) is 10.6 Å². The van der Waals surface area contributed by atoms with Crippen LogP contribution in [0.3, 0.4) is 0 Å². The van der Waals surface area contributed by atoms with Crippen LogP contribution in [0.1, 0.15) is 6.92 Å². The van der Waals surface area contributed by atoms with Crippen LogP contribution in [0.4, 0.5) is 4.79 Å². The van der Waals surface area contributed by atoms with Crippen LogP contribution in [0.15, 0.2) is 12.2 Å². The number of rotatable bonds is 8. The van der Waals surface area contributed by atoms with Gasteiger partial charge in [0.05, 0.1) is 12.7 Å². The number of nitrogens with one attached hydrogen (secondary N) is 2. The van der Waals surface area contributed by atoms with Crippen molar-refractivity contribution in [2.75, 3.05) is 33.5 Å². The van der Waals surface area contributed by atoms with Crippen LogP contribution in [0, 0.1) is 0 Å². The van der Waals surface area contributed by atoms with E-state index in [9.17, 15) is 9.59 Å². The number of carbonyl (C=O) groups excluding carboxylic acids is 2. The Morgan fingerprint density at radius 1 is 1.21 bits per heavy atom. The minimum Gasteiger partial charge on any atom is -0.460 e. The lowest BCUT2D eigenvalue weighted by Gasteiger charge is -2.22. The summed E-state index contributed by atoms with van der Waals surface area (Å²) in [6.07, 6.45) is 0.331. The summed E-state index contributed by atoms with van der Waals surface area (Å²) < 4.78 is 15.3. The van der Waals surface area contributed by atoms with Gasteiger partial charge in [-0.05, 0) is 13.5 Å². The monoisotopic (exact) mass is 290 g/mol. The average Bonchev–Trinajstić information content (AvgIpc) is 2.40. The van der Waals surface area contributed by atoms with Gasteiger partial charge in [0.2, 0.25) is 0 Å². The van der Waals surface area contributed by atoms with Crippen LogP contribution in [0.2, 0.25) is 6.55 Å². The van der Waals surface area contributed by atoms with Gasteiger partial charge in [0.15, 0.2) is 0 Å². The largest absolute Gasteiger partial charge is 0.460 e. The predicted molar refractivity (Wildman–Crippen MR) is 72.8 cm³/mol. The number of hydrogen-bond acceptors (Lipinski definition) is 5. The van der Waals surface area contributed by atoms with E-state index >= 15 is 0 Å². The van der Waals surface area contributed by atoms with Crippen molar-refractivity contribution in [1.29, 1.82) is 0 Å². The molecule has 0 atom stereocenters. The highest BCUT2D eigenvalue weighted by Crippen LogP contribution is 2.01. The highest BCUT2D eigenvalue weighted by molar-refractivity contribution is 6.66. The SMILES string of the molecule is C=C(C)C(=O)OCCNC(=O)NC[Si](C)(OC)OC. The number of esters is 1. The smallest absolute Gasteiger partial charge is 0.354 e. The molecule has 0 aliphatic rings. The lowest BCUT2D eigenvalue weighted by molar-refractivity contribution is -0.138. The molecule has 0 radical (unpaired) electrons. The van der Waals surface area contributed by atoms with Gasteiger partial charge in [-0.25, -0.2) is 9.59 Å². The first kappa shape index (κ1) is 17.6. The second-order valence-electron chi connectivity index (χ2n) is 4.07. The van der Waals surface area contributed by atoms with Crippen molar-refractivity contribution in [3.8, 4) is 0 Å². The molecule has 0 aromatic carbocycles. The summed E-state index contributed by atoms with van der Waals surface area (Å²) >= 11 is 0. The van der Waals surface area contributed by atoms with Crippen molar-refractivity contribution in [2.45, 2.75) is 13.5 Å². The first-order valence-corrected chi connectivity index (χ1v) is 8.31. The van der Waals surface area contributed by atoms with E-state index in [1.807, 2.05) is 6.55 Å². The lowest BCUT2D eigenvalue weighted by atomic mass is 10.4. The molecule has 0 rings (SSSR count). The minimum atomic E-state index is -2.31. The van der Waals surface area contributed by atoms with Crippen LogP contribution in [0.5, 0.6) is 0 Å². The fraction of sp³-hybridized carbons (Fsp3) is 0.636. The van der Waals surface area contributed by atoms with Crippen molar-refractivity contribution < 1.29 is 23.2 Å². The van der Waals surface area contributed by atoms with Crippen LogP contribution in [0.25, 0.3) is 0 Å². The maximum Gasteiger partial charge on any atom is 0.354 e. The first-order valence-electron chi connectivity index (χ1n) is 5.79. The summed E-state index contributed by atoms with van der Waals surface area (Å²) in [6.45, 7) is 7.17. The number of hydrogen-bond donors (Lipinski definition) is 2. The van der Waals surface area contributed by atoms with E-state index in [1.54, 1.807) is 21.1 Å². The van der Waals surface area contributed by atoms with E-state index in [-0.39, 0.29) is 19.2 Å². The van der Waals surface area contributed by atoms with Crippen molar-refractivity contribution in [2.24, 2.45) is 0 Å². The summed E-state index contributed by atoms with van der Waals surface area (Å²) in [6, 6.07) is -0.362. The Morgan fingerprint density at radius 3 is 2.26 bits per heavy atom. The van der Waals surface area contributed by atoms with Gasteiger partial charge < -0.3 is 24.2 Å². The Morgan fingerprint density at radius 2 is 1.79 bits per heavy atom. The average molecular weight is 290 g/mol. The first-order chi connectivity index (χ1) is 8.84. The zero-order valence-corrected chi connectivity index (χ0v) is 12.9. The zero-order chi connectivity index (χ0) is 14.9. The Kier molecular flexibility index (Phi) is 8.04. The van der Waals surface area contributed by atoms with E-state index in [4.69, 9.17) is 13.6 Å². The molecule has 0 fully saturated rings. The van der Waals surface area contributed by atoms with E-state index in [1.165, 1.54) is 0 Å². The molecule has 19 heavy (non-hydrogen) atoms. The van der Waals surface area contributed by atoms with Crippen LogP contribution in [-0.4, -0.2) is 54.1 Å². The normalized spacial score (nSPS) is 10.7. The fourth-order valence-corrected chi connectivity index (χ4v) is 1.90. The third-order valence-electron chi connectivity index (χ3n) is 2.40. The molecule has 110 valence electrons. The molecule has 0 aliphatic heterocycles. The fourth-order valence-electron chi connectivity index (χ4n) is 0.962. The highest BCUT2D eigenvalue weighted by Gasteiger charge is 2.29. The highest BCUT2D eigenvalue weighted by atomic mass is 28.4. The third-order valence-corrected chi connectivity index (χ3v) is 4.95. The van der Waals surface area contributed by atoms with Gasteiger partial charge in [0, 0.05) is 19.8 Å². The second kappa shape index (κ2) is 8.67. The molecule has 7 nitrogen and oxygen atoms in total. The minimum absolute atomic E-state index is 0.0996. The molecule has 2 N–H and O–H groups in total. The van der Waals surface area contributed by atoms with Crippen LogP contribution in [-0.2, 0) is 18.4 Å². The molecular weight excluding hydrogens is 268 g/mol.